The second-order valence-electron chi connectivity index (χ2n) is 4.79. The maximum Gasteiger partial charge on any atom is 0.338 e. The normalized spacial score (nSPS) is 14.6. The van der Waals surface area contributed by atoms with Gasteiger partial charge in [0.05, 0.1) is 17.7 Å². The Morgan fingerprint density at radius 1 is 1.42 bits per heavy atom. The van der Waals surface area contributed by atoms with E-state index in [0.717, 1.165) is 14.5 Å². The van der Waals surface area contributed by atoms with Gasteiger partial charge in [-0.15, -0.1) is 0 Å². The van der Waals surface area contributed by atoms with Gasteiger partial charge in [0.1, 0.15) is 0 Å². The van der Waals surface area contributed by atoms with Crippen molar-refractivity contribution in [3.8, 4) is 0 Å². The molecule has 1 aromatic carbocycles. The van der Waals surface area contributed by atoms with Crippen LogP contribution >= 0.6 is 22.6 Å². The zero-order valence-corrected chi connectivity index (χ0v) is 12.8. The number of aromatic nitrogens is 1. The van der Waals surface area contributed by atoms with E-state index >= 15 is 0 Å². The summed E-state index contributed by atoms with van der Waals surface area (Å²) in [4.78, 5) is 16.4. The summed E-state index contributed by atoms with van der Waals surface area (Å²) in [5.41, 5.74) is 2.84. The molecule has 2 aromatic rings. The summed E-state index contributed by atoms with van der Waals surface area (Å²) in [5, 5.41) is 1.03. The Morgan fingerprint density at radius 2 is 2.21 bits per heavy atom. The van der Waals surface area contributed by atoms with Crippen LogP contribution in [0.1, 0.15) is 41.6 Å². The first kappa shape index (κ1) is 12.8. The van der Waals surface area contributed by atoms with Crippen molar-refractivity contribution in [3.63, 3.8) is 0 Å². The van der Waals surface area contributed by atoms with Crippen LogP contribution in [0.25, 0.3) is 10.9 Å². The molecule has 0 radical (unpaired) electrons. The number of nitrogens with zero attached hydrogens (tertiary/aromatic N) is 1. The highest BCUT2D eigenvalue weighted by Crippen LogP contribution is 2.40. The standard InChI is InChI=1S/C15H14INO2/c1-2-19-15(18)11-5-10-6-12(9-3-4-9)8-17-14(10)13(16)7-11/h5-9H,2-4H2,1H3. The first-order chi connectivity index (χ1) is 9.19. The van der Waals surface area contributed by atoms with Gasteiger partial charge >= 0.3 is 5.97 Å². The van der Waals surface area contributed by atoms with Crippen LogP contribution in [0.3, 0.4) is 0 Å². The SMILES string of the molecule is CCOC(=O)c1cc(I)c2ncc(C3CC3)cc2c1. The Kier molecular flexibility index (Phi) is 3.43. The Bertz CT molecular complexity index is 650. The molecule has 1 heterocycles. The van der Waals surface area contributed by atoms with Gasteiger partial charge in [-0.25, -0.2) is 4.79 Å². The number of rotatable bonds is 3. The van der Waals surface area contributed by atoms with Crippen LogP contribution in [0.4, 0.5) is 0 Å². The molecule has 0 saturated heterocycles. The van der Waals surface area contributed by atoms with Gasteiger partial charge in [-0.05, 0) is 72.0 Å². The van der Waals surface area contributed by atoms with Crippen molar-refractivity contribution in [1.82, 2.24) is 4.98 Å². The third-order valence-corrected chi connectivity index (χ3v) is 4.14. The molecule has 0 atom stereocenters. The number of carbonyl (C=O) groups is 1. The van der Waals surface area contributed by atoms with E-state index in [0.29, 0.717) is 18.1 Å². The smallest absolute Gasteiger partial charge is 0.338 e. The van der Waals surface area contributed by atoms with E-state index in [9.17, 15) is 4.79 Å². The van der Waals surface area contributed by atoms with Gasteiger partial charge in [0, 0.05) is 15.2 Å². The second kappa shape index (κ2) is 5.07. The number of esters is 1. The van der Waals surface area contributed by atoms with Crippen molar-refractivity contribution in [3.05, 3.63) is 39.1 Å². The zero-order valence-electron chi connectivity index (χ0n) is 10.6. The van der Waals surface area contributed by atoms with Crippen molar-refractivity contribution in [1.29, 1.82) is 0 Å². The molecule has 1 aliphatic carbocycles. The van der Waals surface area contributed by atoms with Crippen molar-refractivity contribution in [2.45, 2.75) is 25.7 Å². The average Bonchev–Trinajstić information content (AvgIpc) is 3.22. The molecule has 19 heavy (non-hydrogen) atoms. The van der Waals surface area contributed by atoms with Crippen molar-refractivity contribution >= 4 is 39.5 Å². The molecule has 0 spiro atoms. The van der Waals surface area contributed by atoms with Gasteiger partial charge in [-0.2, -0.15) is 0 Å². The lowest BCUT2D eigenvalue weighted by atomic mass is 10.1. The number of hydrogen-bond donors (Lipinski definition) is 0. The zero-order chi connectivity index (χ0) is 13.4. The van der Waals surface area contributed by atoms with Crippen LogP contribution in [0, 0.1) is 3.57 Å². The topological polar surface area (TPSA) is 39.2 Å². The van der Waals surface area contributed by atoms with E-state index in [1.165, 1.54) is 18.4 Å². The molecule has 0 amide bonds. The minimum Gasteiger partial charge on any atom is -0.462 e. The van der Waals surface area contributed by atoms with Crippen LogP contribution in [0.2, 0.25) is 0 Å². The summed E-state index contributed by atoms with van der Waals surface area (Å²) in [5.74, 6) is 0.403. The van der Waals surface area contributed by atoms with E-state index < -0.39 is 0 Å². The van der Waals surface area contributed by atoms with E-state index in [4.69, 9.17) is 4.74 Å². The maximum atomic E-state index is 11.8. The first-order valence-corrected chi connectivity index (χ1v) is 7.53. The van der Waals surface area contributed by atoms with Gasteiger partial charge in [0.2, 0.25) is 0 Å². The molecule has 0 N–H and O–H groups in total. The predicted molar refractivity (Wildman–Crippen MR) is 82.4 cm³/mol. The Balaban J connectivity index is 2.08. The fourth-order valence-corrected chi connectivity index (χ4v) is 2.98. The molecular formula is C15H14INO2. The minimum atomic E-state index is -0.265. The lowest BCUT2D eigenvalue weighted by molar-refractivity contribution is 0.0526. The molecule has 1 saturated carbocycles. The predicted octanol–water partition coefficient (Wildman–Crippen LogP) is 3.89. The third kappa shape index (κ3) is 2.59. The van der Waals surface area contributed by atoms with Crippen LogP contribution in [0.5, 0.6) is 0 Å². The van der Waals surface area contributed by atoms with Crippen LogP contribution < -0.4 is 0 Å². The van der Waals surface area contributed by atoms with Crippen molar-refractivity contribution in [2.75, 3.05) is 6.61 Å². The van der Waals surface area contributed by atoms with Gasteiger partial charge < -0.3 is 4.74 Å². The van der Waals surface area contributed by atoms with Gasteiger partial charge in [0.25, 0.3) is 0 Å². The molecule has 98 valence electrons. The highest BCUT2D eigenvalue weighted by Gasteiger charge is 2.24. The summed E-state index contributed by atoms with van der Waals surface area (Å²) in [7, 11) is 0. The number of halogens is 1. The largest absolute Gasteiger partial charge is 0.462 e. The van der Waals surface area contributed by atoms with Crippen LogP contribution in [0.15, 0.2) is 24.4 Å². The van der Waals surface area contributed by atoms with E-state index in [-0.39, 0.29) is 5.97 Å². The summed E-state index contributed by atoms with van der Waals surface area (Å²) in [6, 6.07) is 5.88. The molecule has 1 aromatic heterocycles. The summed E-state index contributed by atoms with van der Waals surface area (Å²) in [6.45, 7) is 2.21. The number of fused-ring (bicyclic) bond motifs is 1. The van der Waals surface area contributed by atoms with Crippen molar-refractivity contribution in [2.24, 2.45) is 0 Å². The van der Waals surface area contributed by atoms with Crippen molar-refractivity contribution < 1.29 is 9.53 Å². The van der Waals surface area contributed by atoms with E-state index in [1.54, 1.807) is 0 Å². The molecule has 0 unspecified atom stereocenters. The summed E-state index contributed by atoms with van der Waals surface area (Å²) in [6.07, 6.45) is 4.47. The van der Waals surface area contributed by atoms with Gasteiger partial charge in [0.15, 0.2) is 0 Å². The molecule has 1 fully saturated rings. The fourth-order valence-electron chi connectivity index (χ4n) is 2.19. The lowest BCUT2D eigenvalue weighted by Gasteiger charge is -2.07. The molecule has 3 nitrogen and oxygen atoms in total. The molecule has 4 heteroatoms. The van der Waals surface area contributed by atoms with Gasteiger partial charge in [-0.1, -0.05) is 0 Å². The number of carbonyl (C=O) groups excluding carboxylic acids is 1. The average molecular weight is 367 g/mol. The number of benzene rings is 1. The number of ether oxygens (including phenoxy) is 1. The van der Waals surface area contributed by atoms with E-state index in [1.807, 2.05) is 25.3 Å². The number of pyridine rings is 1. The Morgan fingerprint density at radius 3 is 2.89 bits per heavy atom. The highest BCUT2D eigenvalue weighted by atomic mass is 127. The molecule has 1 aliphatic rings. The van der Waals surface area contributed by atoms with Gasteiger partial charge in [-0.3, -0.25) is 4.98 Å². The summed E-state index contributed by atoms with van der Waals surface area (Å²) >= 11 is 2.22. The monoisotopic (exact) mass is 367 g/mol. The van der Waals surface area contributed by atoms with Crippen LogP contribution in [-0.4, -0.2) is 17.6 Å². The molecule has 0 bridgehead atoms. The quantitative estimate of drug-likeness (QED) is 0.610. The third-order valence-electron chi connectivity index (χ3n) is 3.32. The molecular weight excluding hydrogens is 353 g/mol. The lowest BCUT2D eigenvalue weighted by Crippen LogP contribution is -2.05. The first-order valence-electron chi connectivity index (χ1n) is 6.45. The summed E-state index contributed by atoms with van der Waals surface area (Å²) < 4.78 is 6.05. The second-order valence-corrected chi connectivity index (χ2v) is 5.96. The Hall–Kier alpha value is -1.17. The fraction of sp³-hybridized carbons (Fsp3) is 0.333. The number of hydrogen-bond acceptors (Lipinski definition) is 3. The highest BCUT2D eigenvalue weighted by molar-refractivity contribution is 14.1. The van der Waals surface area contributed by atoms with Crippen LogP contribution in [-0.2, 0) is 4.74 Å². The maximum absolute atomic E-state index is 11.8. The molecule has 0 aliphatic heterocycles. The Labute approximate surface area is 125 Å². The van der Waals surface area contributed by atoms with E-state index in [2.05, 4.69) is 33.6 Å². The molecule has 3 rings (SSSR count). The minimum absolute atomic E-state index is 0.265.